The van der Waals surface area contributed by atoms with E-state index in [2.05, 4.69) is 9.98 Å². The third-order valence-electron chi connectivity index (χ3n) is 6.22. The van der Waals surface area contributed by atoms with Crippen molar-refractivity contribution in [2.75, 3.05) is 13.2 Å². The lowest BCUT2D eigenvalue weighted by atomic mass is 10.1. The molecule has 0 atom stereocenters. The zero-order chi connectivity index (χ0) is 28.5. The molecule has 4 rings (SSSR count). The maximum Gasteiger partial charge on any atom is 0.135 e. The molecule has 0 aliphatic carbocycles. The Morgan fingerprint density at radius 1 is 0.750 bits per heavy atom. The van der Waals surface area contributed by atoms with Gasteiger partial charge in [-0.2, -0.15) is 0 Å². The molecule has 1 heterocycles. The summed E-state index contributed by atoms with van der Waals surface area (Å²) in [4.78, 5) is 8.88. The number of para-hydroxylation sites is 1. The van der Waals surface area contributed by atoms with E-state index < -0.39 is 0 Å². The van der Waals surface area contributed by atoms with Gasteiger partial charge in [-0.05, 0) is 108 Å². The first-order chi connectivity index (χ1) is 19.3. The van der Waals surface area contributed by atoms with Crippen LogP contribution in [0.4, 0.5) is 0 Å². The van der Waals surface area contributed by atoms with Crippen molar-refractivity contribution >= 4 is 22.6 Å². The molecule has 7 heteroatoms. The number of fused-ring (bicyclic) bond motifs is 1. The second kappa shape index (κ2) is 13.7. The van der Waals surface area contributed by atoms with Crippen LogP contribution < -0.4 is 20.9 Å². The van der Waals surface area contributed by atoms with Crippen LogP contribution in [-0.4, -0.2) is 37.0 Å². The summed E-state index contributed by atoms with van der Waals surface area (Å²) >= 11 is 0. The highest BCUT2D eigenvalue weighted by molar-refractivity contribution is 6.01. The molecule has 4 aromatic rings. The number of hydrogen-bond acceptors (Lipinski definition) is 5. The fraction of sp³-hybridized carbons (Fsp3) is 0.333. The smallest absolute Gasteiger partial charge is 0.135 e. The van der Waals surface area contributed by atoms with E-state index in [9.17, 15) is 0 Å². The van der Waals surface area contributed by atoms with Gasteiger partial charge in [-0.15, -0.1) is 0 Å². The minimum atomic E-state index is 0.137. The van der Waals surface area contributed by atoms with E-state index in [0.29, 0.717) is 24.9 Å². The fourth-order valence-electron chi connectivity index (χ4n) is 4.32. The Labute approximate surface area is 236 Å². The molecule has 0 bridgehead atoms. The van der Waals surface area contributed by atoms with Crippen molar-refractivity contribution in [1.82, 2.24) is 0 Å². The van der Waals surface area contributed by atoms with Gasteiger partial charge in [0.1, 0.15) is 34.5 Å². The van der Waals surface area contributed by atoms with Crippen LogP contribution in [0.15, 0.2) is 87.2 Å². The average molecular weight is 541 g/mol. The van der Waals surface area contributed by atoms with Gasteiger partial charge in [0, 0.05) is 28.6 Å². The van der Waals surface area contributed by atoms with Gasteiger partial charge in [-0.25, -0.2) is 0 Å². The summed E-state index contributed by atoms with van der Waals surface area (Å²) in [6.07, 6.45) is 2.88. The number of hydrogen-bond donors (Lipinski definition) is 2. The molecule has 0 saturated heterocycles. The van der Waals surface area contributed by atoms with Crippen LogP contribution in [0, 0.1) is 0 Å². The minimum absolute atomic E-state index is 0.137. The van der Waals surface area contributed by atoms with Crippen molar-refractivity contribution in [1.29, 1.82) is 0 Å². The van der Waals surface area contributed by atoms with E-state index in [1.165, 1.54) is 0 Å². The maximum atomic E-state index is 6.15. The van der Waals surface area contributed by atoms with Crippen LogP contribution in [0.5, 0.6) is 11.5 Å². The SMILES string of the molecule is CC(C)N=C(N)c1ccc2oc(-c3ccc(OCCCCCOc4ccccc4C(N)=NC(C)C)cc3)cc2c1. The summed E-state index contributed by atoms with van der Waals surface area (Å²) in [5.74, 6) is 3.46. The largest absolute Gasteiger partial charge is 0.494 e. The van der Waals surface area contributed by atoms with Gasteiger partial charge in [0.25, 0.3) is 0 Å². The van der Waals surface area contributed by atoms with Crippen molar-refractivity contribution in [2.45, 2.75) is 59.0 Å². The standard InChI is InChI=1S/C33H40N4O3/c1-22(2)36-32(34)25-14-17-29-26(20-25)21-31(40-29)24-12-15-27(16-13-24)38-18-8-5-9-19-39-30-11-7-6-10-28(30)33(35)37-23(3)4/h6-7,10-17,20-23H,5,8-9,18-19H2,1-4H3,(H2,34,36)(H2,35,37). The van der Waals surface area contributed by atoms with Crippen LogP contribution in [0.1, 0.15) is 58.1 Å². The van der Waals surface area contributed by atoms with Crippen LogP contribution in [0.25, 0.3) is 22.3 Å². The molecule has 3 aromatic carbocycles. The van der Waals surface area contributed by atoms with Crippen LogP contribution >= 0.6 is 0 Å². The van der Waals surface area contributed by atoms with Crippen molar-refractivity contribution in [2.24, 2.45) is 21.5 Å². The molecule has 7 nitrogen and oxygen atoms in total. The molecular weight excluding hydrogens is 500 g/mol. The molecule has 0 aliphatic rings. The quantitative estimate of drug-likeness (QED) is 0.108. The van der Waals surface area contributed by atoms with Gasteiger partial charge < -0.3 is 25.4 Å². The number of rotatable bonds is 13. The molecule has 0 amide bonds. The summed E-state index contributed by atoms with van der Waals surface area (Å²) in [5.41, 5.74) is 15.8. The number of amidine groups is 2. The fourth-order valence-corrected chi connectivity index (χ4v) is 4.32. The summed E-state index contributed by atoms with van der Waals surface area (Å²) in [7, 11) is 0. The van der Waals surface area contributed by atoms with Gasteiger partial charge in [0.15, 0.2) is 0 Å². The zero-order valence-corrected chi connectivity index (χ0v) is 23.9. The molecule has 0 spiro atoms. The number of aliphatic imine (C=N–C) groups is 2. The Hall–Kier alpha value is -4.26. The Balaban J connectivity index is 1.23. The zero-order valence-electron chi connectivity index (χ0n) is 23.9. The van der Waals surface area contributed by atoms with Gasteiger partial charge in [-0.1, -0.05) is 12.1 Å². The highest BCUT2D eigenvalue weighted by Crippen LogP contribution is 2.30. The number of ether oxygens (including phenoxy) is 2. The second-order valence-electron chi connectivity index (χ2n) is 10.4. The summed E-state index contributed by atoms with van der Waals surface area (Å²) in [5, 5.41) is 0.995. The lowest BCUT2D eigenvalue weighted by Crippen LogP contribution is -2.17. The van der Waals surface area contributed by atoms with Crippen molar-refractivity contribution in [3.8, 4) is 22.8 Å². The summed E-state index contributed by atoms with van der Waals surface area (Å²) < 4.78 is 18.0. The van der Waals surface area contributed by atoms with Gasteiger partial charge in [0.2, 0.25) is 0 Å². The van der Waals surface area contributed by atoms with Crippen LogP contribution in [0.3, 0.4) is 0 Å². The molecule has 0 unspecified atom stereocenters. The molecule has 0 aliphatic heterocycles. The van der Waals surface area contributed by atoms with E-state index >= 15 is 0 Å². The molecule has 4 N–H and O–H groups in total. The Morgan fingerprint density at radius 3 is 2.15 bits per heavy atom. The minimum Gasteiger partial charge on any atom is -0.494 e. The van der Waals surface area contributed by atoms with E-state index in [1.54, 1.807) is 0 Å². The second-order valence-corrected chi connectivity index (χ2v) is 10.4. The highest BCUT2D eigenvalue weighted by Gasteiger charge is 2.10. The first-order valence-corrected chi connectivity index (χ1v) is 14.0. The predicted octanol–water partition coefficient (Wildman–Crippen LogP) is 6.96. The Kier molecular flexibility index (Phi) is 9.84. The maximum absolute atomic E-state index is 6.15. The van der Waals surface area contributed by atoms with Gasteiger partial charge >= 0.3 is 0 Å². The molecule has 0 saturated carbocycles. The molecule has 0 radical (unpaired) electrons. The molecule has 1 aromatic heterocycles. The molecular formula is C33H40N4O3. The Morgan fingerprint density at radius 2 is 1.43 bits per heavy atom. The van der Waals surface area contributed by atoms with Crippen molar-refractivity contribution in [3.63, 3.8) is 0 Å². The number of benzene rings is 3. The lowest BCUT2D eigenvalue weighted by molar-refractivity contribution is 0.279. The monoisotopic (exact) mass is 540 g/mol. The summed E-state index contributed by atoms with van der Waals surface area (Å²) in [6.45, 7) is 9.30. The van der Waals surface area contributed by atoms with Crippen LogP contribution in [0.2, 0.25) is 0 Å². The Bertz CT molecular complexity index is 1450. The first-order valence-electron chi connectivity index (χ1n) is 14.0. The average Bonchev–Trinajstić information content (AvgIpc) is 3.36. The number of unbranched alkanes of at least 4 members (excludes halogenated alkanes) is 2. The van der Waals surface area contributed by atoms with Gasteiger partial charge in [0.05, 0.1) is 18.8 Å². The predicted molar refractivity (Wildman–Crippen MR) is 165 cm³/mol. The van der Waals surface area contributed by atoms with Crippen molar-refractivity contribution in [3.05, 3.63) is 83.9 Å². The molecule has 210 valence electrons. The number of nitrogens with two attached hydrogens (primary N) is 2. The molecule has 0 fully saturated rings. The lowest BCUT2D eigenvalue weighted by Gasteiger charge is -2.12. The van der Waals surface area contributed by atoms with Crippen LogP contribution in [-0.2, 0) is 0 Å². The van der Waals surface area contributed by atoms with E-state index in [4.69, 9.17) is 25.4 Å². The van der Waals surface area contributed by atoms with E-state index in [-0.39, 0.29) is 12.1 Å². The highest BCUT2D eigenvalue weighted by atomic mass is 16.5. The van der Waals surface area contributed by atoms with Gasteiger partial charge in [-0.3, -0.25) is 9.98 Å². The topological polar surface area (TPSA) is 108 Å². The normalized spacial score (nSPS) is 12.4. The third kappa shape index (κ3) is 7.88. The van der Waals surface area contributed by atoms with Crippen molar-refractivity contribution < 1.29 is 13.9 Å². The number of furan rings is 1. The number of nitrogens with zero attached hydrogens (tertiary/aromatic N) is 2. The van der Waals surface area contributed by atoms with E-state index in [1.807, 2.05) is 100 Å². The first kappa shape index (κ1) is 28.7. The van der Waals surface area contributed by atoms with E-state index in [0.717, 1.165) is 64.2 Å². The summed E-state index contributed by atoms with van der Waals surface area (Å²) in [6, 6.07) is 24.0. The third-order valence-corrected chi connectivity index (χ3v) is 6.22. The molecule has 40 heavy (non-hydrogen) atoms.